The van der Waals surface area contributed by atoms with Gasteiger partial charge in [0.25, 0.3) is 0 Å². The predicted molar refractivity (Wildman–Crippen MR) is 62.5 cm³/mol. The molecule has 7 heteroatoms. The van der Waals surface area contributed by atoms with Crippen LogP contribution in [0.25, 0.3) is 0 Å². The van der Waals surface area contributed by atoms with Gasteiger partial charge in [-0.3, -0.25) is 19.5 Å². The average molecular weight is 303 g/mol. The summed E-state index contributed by atoms with van der Waals surface area (Å²) < 4.78 is 0.810. The molecule has 0 atom stereocenters. The highest BCUT2D eigenvalue weighted by atomic mass is 79.9. The molecule has 6 nitrogen and oxygen atoms in total. The lowest BCUT2D eigenvalue weighted by Crippen LogP contribution is -2.34. The number of pyridine rings is 1. The van der Waals surface area contributed by atoms with Gasteiger partial charge in [-0.2, -0.15) is 0 Å². The minimum absolute atomic E-state index is 0.186. The van der Waals surface area contributed by atoms with E-state index in [1.807, 2.05) is 0 Å². The zero-order valence-electron chi connectivity index (χ0n) is 8.84. The molecule has 1 aromatic heterocycles. The number of carboxylic acids is 2. The molecule has 0 aromatic carbocycles. The third-order valence-corrected chi connectivity index (χ3v) is 2.36. The second-order valence-electron chi connectivity index (χ2n) is 3.40. The molecule has 0 aliphatic heterocycles. The number of hydrogen-bond donors (Lipinski definition) is 2. The molecule has 0 aliphatic carbocycles. The first-order valence-corrected chi connectivity index (χ1v) is 5.53. The Balaban J connectivity index is 2.67. The zero-order valence-corrected chi connectivity index (χ0v) is 10.4. The van der Waals surface area contributed by atoms with Gasteiger partial charge in [0.05, 0.1) is 18.8 Å². The molecule has 0 unspecified atom stereocenters. The molecule has 1 heterocycles. The highest BCUT2D eigenvalue weighted by Crippen LogP contribution is 2.09. The third-order valence-electron chi connectivity index (χ3n) is 1.89. The fourth-order valence-electron chi connectivity index (χ4n) is 1.28. The van der Waals surface area contributed by atoms with Crippen LogP contribution < -0.4 is 0 Å². The SMILES string of the molecule is O=C(O)CN(CC(=O)O)Cc1ccc(Br)cn1. The van der Waals surface area contributed by atoms with Gasteiger partial charge in [-0.1, -0.05) is 0 Å². The van der Waals surface area contributed by atoms with Gasteiger partial charge in [0.1, 0.15) is 0 Å². The molecule has 92 valence electrons. The van der Waals surface area contributed by atoms with Crippen LogP contribution in [0, 0.1) is 0 Å². The summed E-state index contributed by atoms with van der Waals surface area (Å²) in [5, 5.41) is 17.3. The Morgan fingerprint density at radius 2 is 1.82 bits per heavy atom. The number of halogens is 1. The quantitative estimate of drug-likeness (QED) is 0.808. The predicted octanol–water partition coefficient (Wildman–Crippen LogP) is 0.815. The number of carboxylic acid groups (broad SMARTS) is 2. The molecule has 0 amide bonds. The molecule has 0 radical (unpaired) electrons. The second kappa shape index (κ2) is 6.31. The van der Waals surface area contributed by atoms with Gasteiger partial charge in [0.15, 0.2) is 0 Å². The van der Waals surface area contributed by atoms with E-state index in [-0.39, 0.29) is 19.6 Å². The van der Waals surface area contributed by atoms with Crippen LogP contribution in [0.5, 0.6) is 0 Å². The Labute approximate surface area is 106 Å². The van der Waals surface area contributed by atoms with Gasteiger partial charge in [0.2, 0.25) is 0 Å². The van der Waals surface area contributed by atoms with Crippen molar-refractivity contribution < 1.29 is 19.8 Å². The van der Waals surface area contributed by atoms with E-state index in [0.29, 0.717) is 5.69 Å². The van der Waals surface area contributed by atoms with Crippen LogP contribution in [0.3, 0.4) is 0 Å². The summed E-state index contributed by atoms with van der Waals surface area (Å²) in [5.74, 6) is -2.13. The van der Waals surface area contributed by atoms with Crippen molar-refractivity contribution in [1.82, 2.24) is 9.88 Å². The molecular weight excluding hydrogens is 292 g/mol. The second-order valence-corrected chi connectivity index (χ2v) is 4.32. The van der Waals surface area contributed by atoms with Gasteiger partial charge < -0.3 is 10.2 Å². The summed E-state index contributed by atoms with van der Waals surface area (Å²) in [6, 6.07) is 3.48. The Bertz CT molecular complexity index is 391. The van der Waals surface area contributed by atoms with Crippen LogP contribution in [0.15, 0.2) is 22.8 Å². The van der Waals surface area contributed by atoms with Crippen molar-refractivity contribution in [2.45, 2.75) is 6.54 Å². The number of nitrogens with zero attached hydrogens (tertiary/aromatic N) is 2. The number of aliphatic carboxylic acids is 2. The van der Waals surface area contributed by atoms with E-state index in [1.54, 1.807) is 18.3 Å². The Hall–Kier alpha value is -1.47. The van der Waals surface area contributed by atoms with Crippen molar-refractivity contribution in [2.24, 2.45) is 0 Å². The first-order chi connectivity index (χ1) is 7.97. The number of aromatic nitrogens is 1. The van der Waals surface area contributed by atoms with Crippen molar-refractivity contribution in [3.63, 3.8) is 0 Å². The van der Waals surface area contributed by atoms with E-state index < -0.39 is 11.9 Å². The number of rotatable bonds is 6. The first-order valence-electron chi connectivity index (χ1n) is 4.73. The lowest BCUT2D eigenvalue weighted by atomic mass is 10.3. The summed E-state index contributed by atoms with van der Waals surface area (Å²) in [6.07, 6.45) is 1.58. The largest absolute Gasteiger partial charge is 0.480 e. The van der Waals surface area contributed by atoms with Crippen molar-refractivity contribution in [1.29, 1.82) is 0 Å². The standard InChI is InChI=1S/C10H11BrN2O4/c11-7-1-2-8(12-3-7)4-13(5-9(14)15)6-10(16)17/h1-3H,4-6H2,(H,14,15)(H,16,17). The average Bonchev–Trinajstić information content (AvgIpc) is 2.19. The van der Waals surface area contributed by atoms with E-state index >= 15 is 0 Å². The maximum atomic E-state index is 10.6. The minimum Gasteiger partial charge on any atom is -0.480 e. The molecule has 2 N–H and O–H groups in total. The van der Waals surface area contributed by atoms with Gasteiger partial charge in [-0.05, 0) is 28.1 Å². The van der Waals surface area contributed by atoms with Crippen molar-refractivity contribution in [3.05, 3.63) is 28.5 Å². The fraction of sp³-hybridized carbons (Fsp3) is 0.300. The molecule has 1 rings (SSSR count). The van der Waals surface area contributed by atoms with Crippen LogP contribution in [0.2, 0.25) is 0 Å². The maximum absolute atomic E-state index is 10.6. The van der Waals surface area contributed by atoms with Crippen molar-refractivity contribution in [2.75, 3.05) is 13.1 Å². The lowest BCUT2D eigenvalue weighted by molar-refractivity contribution is -0.142. The van der Waals surface area contributed by atoms with Gasteiger partial charge in [-0.15, -0.1) is 0 Å². The van der Waals surface area contributed by atoms with E-state index in [4.69, 9.17) is 10.2 Å². The van der Waals surface area contributed by atoms with Crippen LogP contribution in [0.4, 0.5) is 0 Å². The van der Waals surface area contributed by atoms with Crippen LogP contribution in [-0.2, 0) is 16.1 Å². The molecule has 0 saturated heterocycles. The van der Waals surface area contributed by atoms with Gasteiger partial charge >= 0.3 is 11.9 Å². The Morgan fingerprint density at radius 3 is 2.24 bits per heavy atom. The van der Waals surface area contributed by atoms with Gasteiger partial charge in [0, 0.05) is 17.2 Å². The summed E-state index contributed by atoms with van der Waals surface area (Å²) in [5.41, 5.74) is 0.621. The molecule has 0 saturated carbocycles. The summed E-state index contributed by atoms with van der Waals surface area (Å²) in [6.45, 7) is -0.472. The van der Waals surface area contributed by atoms with Crippen molar-refractivity contribution >= 4 is 27.9 Å². The molecule has 1 aromatic rings. The highest BCUT2D eigenvalue weighted by Gasteiger charge is 2.14. The Morgan fingerprint density at radius 1 is 1.24 bits per heavy atom. The van der Waals surface area contributed by atoms with Crippen LogP contribution in [-0.4, -0.2) is 45.1 Å². The normalized spacial score (nSPS) is 10.5. The van der Waals surface area contributed by atoms with E-state index in [2.05, 4.69) is 20.9 Å². The smallest absolute Gasteiger partial charge is 0.317 e. The summed E-state index contributed by atoms with van der Waals surface area (Å²) in [4.78, 5) is 26.5. The Kier molecular flexibility index (Phi) is 5.05. The van der Waals surface area contributed by atoms with Crippen LogP contribution >= 0.6 is 15.9 Å². The molecule has 0 spiro atoms. The lowest BCUT2D eigenvalue weighted by Gasteiger charge is -2.17. The number of carbonyl (C=O) groups is 2. The van der Waals surface area contributed by atoms with Crippen molar-refractivity contribution in [3.8, 4) is 0 Å². The first kappa shape index (κ1) is 13.6. The third kappa shape index (κ3) is 5.41. The molecule has 0 aliphatic rings. The fourth-order valence-corrected chi connectivity index (χ4v) is 1.51. The minimum atomic E-state index is -1.07. The maximum Gasteiger partial charge on any atom is 0.317 e. The number of hydrogen-bond acceptors (Lipinski definition) is 4. The van der Waals surface area contributed by atoms with E-state index in [0.717, 1.165) is 4.47 Å². The van der Waals surface area contributed by atoms with E-state index in [9.17, 15) is 9.59 Å². The monoisotopic (exact) mass is 302 g/mol. The topological polar surface area (TPSA) is 90.7 Å². The summed E-state index contributed by atoms with van der Waals surface area (Å²) in [7, 11) is 0. The van der Waals surface area contributed by atoms with Gasteiger partial charge in [-0.25, -0.2) is 0 Å². The zero-order chi connectivity index (χ0) is 12.8. The molecule has 0 bridgehead atoms. The molecule has 0 fully saturated rings. The van der Waals surface area contributed by atoms with E-state index in [1.165, 1.54) is 4.90 Å². The molecule has 17 heavy (non-hydrogen) atoms. The summed E-state index contributed by atoms with van der Waals surface area (Å²) >= 11 is 3.23. The van der Waals surface area contributed by atoms with Crippen LogP contribution in [0.1, 0.15) is 5.69 Å². The molecular formula is C10H11BrN2O4. The highest BCUT2D eigenvalue weighted by molar-refractivity contribution is 9.10.